The number of hydrogen-bond donors (Lipinski definition) is 1. The van der Waals surface area contributed by atoms with Gasteiger partial charge in [-0.25, -0.2) is 4.98 Å². The summed E-state index contributed by atoms with van der Waals surface area (Å²) in [5.74, 6) is 0.198. The second-order valence-electron chi connectivity index (χ2n) is 6.89. The van der Waals surface area contributed by atoms with Crippen molar-refractivity contribution in [3.8, 4) is 0 Å². The Morgan fingerprint density at radius 3 is 2.72 bits per heavy atom. The van der Waals surface area contributed by atoms with Gasteiger partial charge >= 0.3 is 0 Å². The van der Waals surface area contributed by atoms with E-state index in [0.29, 0.717) is 0 Å². The molecule has 0 radical (unpaired) electrons. The molecule has 25 heavy (non-hydrogen) atoms. The van der Waals surface area contributed by atoms with Crippen molar-refractivity contribution in [3.05, 3.63) is 23.8 Å². The third-order valence-electron chi connectivity index (χ3n) is 4.77. The average Bonchev–Trinajstić information content (AvgIpc) is 3.06. The number of carbonyl (C=O) groups is 1. The van der Waals surface area contributed by atoms with Crippen molar-refractivity contribution in [2.45, 2.75) is 27.2 Å². The van der Waals surface area contributed by atoms with E-state index in [0.717, 1.165) is 50.8 Å². The molecule has 1 aromatic carbocycles. The van der Waals surface area contributed by atoms with Crippen molar-refractivity contribution >= 4 is 32.6 Å². The molecule has 1 saturated heterocycles. The Balaban J connectivity index is 1.53. The zero-order valence-electron chi connectivity index (χ0n) is 15.4. The molecule has 6 heteroatoms. The molecule has 3 rings (SSSR count). The number of nitrogens with zero attached hydrogens (tertiary/aromatic N) is 3. The van der Waals surface area contributed by atoms with Gasteiger partial charge < -0.3 is 10.2 Å². The van der Waals surface area contributed by atoms with Crippen LogP contribution in [0.1, 0.15) is 26.3 Å². The second-order valence-corrected chi connectivity index (χ2v) is 7.90. The van der Waals surface area contributed by atoms with Gasteiger partial charge in [-0.1, -0.05) is 44.2 Å². The highest BCUT2D eigenvalue weighted by molar-refractivity contribution is 7.22. The maximum Gasteiger partial charge on any atom is 0.222 e. The third kappa shape index (κ3) is 4.30. The summed E-state index contributed by atoms with van der Waals surface area (Å²) in [5, 5.41) is 4.14. The first kappa shape index (κ1) is 18.1. The molecule has 1 N–H and O–H groups in total. The average molecular weight is 361 g/mol. The van der Waals surface area contributed by atoms with Gasteiger partial charge in [-0.15, -0.1) is 0 Å². The maximum atomic E-state index is 11.6. The fourth-order valence-corrected chi connectivity index (χ4v) is 4.18. The molecule has 0 bridgehead atoms. The molecule has 0 aliphatic carbocycles. The first-order valence-electron chi connectivity index (χ1n) is 9.22. The summed E-state index contributed by atoms with van der Waals surface area (Å²) in [6.45, 7) is 11.7. The van der Waals surface area contributed by atoms with Gasteiger partial charge in [0, 0.05) is 45.2 Å². The number of rotatable bonds is 6. The molecule has 5 nitrogen and oxygen atoms in total. The summed E-state index contributed by atoms with van der Waals surface area (Å²) in [5.41, 5.74) is 2.50. The standard InChI is InChI=1S/C19H28N4OS/c1-4-15-6-5-7-16-17(15)21-19(25-16)23-12-10-22(11-13-23)9-8-20-18(24)14(2)3/h5-7,14H,4,8-13H2,1-3H3,(H,20,24). The van der Waals surface area contributed by atoms with Gasteiger partial charge in [-0.05, 0) is 18.1 Å². The van der Waals surface area contributed by atoms with Crippen LogP contribution in [0.3, 0.4) is 0 Å². The summed E-state index contributed by atoms with van der Waals surface area (Å²) >= 11 is 1.80. The van der Waals surface area contributed by atoms with Crippen LogP contribution in [0.2, 0.25) is 0 Å². The Bertz CT molecular complexity index is 719. The van der Waals surface area contributed by atoms with E-state index in [9.17, 15) is 4.79 Å². The Morgan fingerprint density at radius 1 is 1.28 bits per heavy atom. The predicted octanol–water partition coefficient (Wildman–Crippen LogP) is 2.75. The summed E-state index contributed by atoms with van der Waals surface area (Å²) in [4.78, 5) is 21.3. The molecule has 0 unspecified atom stereocenters. The van der Waals surface area contributed by atoms with Crippen LogP contribution >= 0.6 is 11.3 Å². The Labute approximate surface area is 154 Å². The molecule has 136 valence electrons. The molecular weight excluding hydrogens is 332 g/mol. The lowest BCUT2D eigenvalue weighted by atomic mass is 10.1. The number of piperazine rings is 1. The summed E-state index contributed by atoms with van der Waals surface area (Å²) in [6, 6.07) is 6.48. The minimum atomic E-state index is 0.0592. The van der Waals surface area contributed by atoms with Crippen LogP contribution in [0.15, 0.2) is 18.2 Å². The molecular formula is C19H28N4OS. The maximum absolute atomic E-state index is 11.6. The Kier molecular flexibility index (Phi) is 5.91. The minimum Gasteiger partial charge on any atom is -0.355 e. The molecule has 2 heterocycles. The SMILES string of the molecule is CCc1cccc2sc(N3CCN(CCNC(=O)C(C)C)CC3)nc12. The molecule has 1 aliphatic heterocycles. The van der Waals surface area contributed by atoms with Gasteiger partial charge in [0.15, 0.2) is 5.13 Å². The number of nitrogens with one attached hydrogen (secondary N) is 1. The van der Waals surface area contributed by atoms with Crippen LogP contribution in [0.4, 0.5) is 5.13 Å². The fourth-order valence-electron chi connectivity index (χ4n) is 3.12. The van der Waals surface area contributed by atoms with Gasteiger partial charge in [0.05, 0.1) is 10.2 Å². The van der Waals surface area contributed by atoms with Crippen molar-refractivity contribution in [1.82, 2.24) is 15.2 Å². The van der Waals surface area contributed by atoms with E-state index in [4.69, 9.17) is 4.98 Å². The number of carbonyl (C=O) groups excluding carboxylic acids is 1. The van der Waals surface area contributed by atoms with Crippen molar-refractivity contribution in [2.75, 3.05) is 44.2 Å². The van der Waals surface area contributed by atoms with E-state index >= 15 is 0 Å². The number of amides is 1. The lowest BCUT2D eigenvalue weighted by molar-refractivity contribution is -0.124. The van der Waals surface area contributed by atoms with Crippen LogP contribution in [-0.4, -0.2) is 55.1 Å². The number of aryl methyl sites for hydroxylation is 1. The summed E-state index contributed by atoms with van der Waals surface area (Å²) < 4.78 is 1.29. The monoisotopic (exact) mass is 360 g/mol. The third-order valence-corrected chi connectivity index (χ3v) is 5.85. The van der Waals surface area contributed by atoms with Crippen LogP contribution < -0.4 is 10.2 Å². The number of thiazole rings is 1. The first-order chi connectivity index (χ1) is 12.1. The molecule has 1 fully saturated rings. The highest BCUT2D eigenvalue weighted by Crippen LogP contribution is 2.31. The number of para-hydroxylation sites is 1. The number of fused-ring (bicyclic) bond motifs is 1. The zero-order valence-corrected chi connectivity index (χ0v) is 16.2. The van der Waals surface area contributed by atoms with E-state index in [1.807, 2.05) is 13.8 Å². The molecule has 0 atom stereocenters. The number of hydrogen-bond acceptors (Lipinski definition) is 5. The highest BCUT2D eigenvalue weighted by atomic mass is 32.1. The van der Waals surface area contributed by atoms with Crippen LogP contribution in [0.5, 0.6) is 0 Å². The van der Waals surface area contributed by atoms with Gasteiger partial charge in [0.25, 0.3) is 0 Å². The molecule has 0 saturated carbocycles. The van der Waals surface area contributed by atoms with E-state index in [-0.39, 0.29) is 11.8 Å². The van der Waals surface area contributed by atoms with Crippen molar-refractivity contribution in [2.24, 2.45) is 5.92 Å². The molecule has 1 amide bonds. The highest BCUT2D eigenvalue weighted by Gasteiger charge is 2.20. The molecule has 0 spiro atoms. The zero-order chi connectivity index (χ0) is 17.8. The smallest absolute Gasteiger partial charge is 0.222 e. The van der Waals surface area contributed by atoms with Gasteiger partial charge in [-0.2, -0.15) is 0 Å². The minimum absolute atomic E-state index is 0.0592. The number of anilines is 1. The van der Waals surface area contributed by atoms with E-state index in [1.54, 1.807) is 11.3 Å². The van der Waals surface area contributed by atoms with Gasteiger partial charge in [-0.3, -0.25) is 9.69 Å². The fraction of sp³-hybridized carbons (Fsp3) is 0.579. The van der Waals surface area contributed by atoms with E-state index < -0.39 is 0 Å². The van der Waals surface area contributed by atoms with Crippen LogP contribution in [0.25, 0.3) is 10.2 Å². The lowest BCUT2D eigenvalue weighted by Crippen LogP contribution is -2.48. The number of benzene rings is 1. The largest absolute Gasteiger partial charge is 0.355 e. The first-order valence-corrected chi connectivity index (χ1v) is 10.0. The second kappa shape index (κ2) is 8.15. The van der Waals surface area contributed by atoms with E-state index in [1.165, 1.54) is 15.8 Å². The van der Waals surface area contributed by atoms with Crippen molar-refractivity contribution < 1.29 is 4.79 Å². The summed E-state index contributed by atoms with van der Waals surface area (Å²) in [6.07, 6.45) is 1.02. The van der Waals surface area contributed by atoms with Crippen molar-refractivity contribution in [1.29, 1.82) is 0 Å². The lowest BCUT2D eigenvalue weighted by Gasteiger charge is -2.34. The normalized spacial score (nSPS) is 15.9. The van der Waals surface area contributed by atoms with E-state index in [2.05, 4.69) is 40.2 Å². The quantitative estimate of drug-likeness (QED) is 0.861. The predicted molar refractivity (Wildman–Crippen MR) is 105 cm³/mol. The Morgan fingerprint density at radius 2 is 2.04 bits per heavy atom. The van der Waals surface area contributed by atoms with Crippen LogP contribution in [-0.2, 0) is 11.2 Å². The van der Waals surface area contributed by atoms with Crippen molar-refractivity contribution in [3.63, 3.8) is 0 Å². The molecule has 1 aromatic heterocycles. The van der Waals surface area contributed by atoms with Gasteiger partial charge in [0.2, 0.25) is 5.91 Å². The van der Waals surface area contributed by atoms with Gasteiger partial charge in [0.1, 0.15) is 0 Å². The summed E-state index contributed by atoms with van der Waals surface area (Å²) in [7, 11) is 0. The topological polar surface area (TPSA) is 48.5 Å². The Hall–Kier alpha value is -1.66. The molecule has 1 aliphatic rings. The number of aromatic nitrogens is 1. The molecule has 2 aromatic rings. The van der Waals surface area contributed by atoms with Crippen LogP contribution in [0, 0.1) is 5.92 Å².